The molecule has 0 aromatic carbocycles. The second-order valence-electron chi connectivity index (χ2n) is 6.90. The maximum absolute atomic E-state index is 12.9. The first kappa shape index (κ1) is 15.4. The molecule has 120 valence electrons. The van der Waals surface area contributed by atoms with Crippen LogP contribution < -0.4 is 0 Å². The molecular formula is C15H26N2O3S. The second-order valence-corrected chi connectivity index (χ2v) is 8.78. The molecule has 0 aromatic heterocycles. The molecule has 2 aliphatic heterocycles. The number of rotatable bonds is 3. The SMILES string of the molecule is CC1CCCN(S(=O)(=O)N2CCCC2C2CCCC2=O)C1. The summed E-state index contributed by atoms with van der Waals surface area (Å²) in [6, 6.07) is -0.0813. The van der Waals surface area contributed by atoms with Crippen LogP contribution in [0.3, 0.4) is 0 Å². The van der Waals surface area contributed by atoms with Crippen LogP contribution in [0.2, 0.25) is 0 Å². The average molecular weight is 314 g/mol. The van der Waals surface area contributed by atoms with Gasteiger partial charge >= 0.3 is 0 Å². The topological polar surface area (TPSA) is 57.7 Å². The minimum absolute atomic E-state index is 0.0514. The van der Waals surface area contributed by atoms with Gasteiger partial charge < -0.3 is 0 Å². The molecule has 0 N–H and O–H groups in total. The molecule has 0 amide bonds. The lowest BCUT2D eigenvalue weighted by Crippen LogP contribution is -2.51. The van der Waals surface area contributed by atoms with Gasteiger partial charge in [-0.25, -0.2) is 0 Å². The van der Waals surface area contributed by atoms with E-state index in [2.05, 4.69) is 6.92 Å². The predicted octanol–water partition coefficient (Wildman–Crippen LogP) is 1.80. The first-order chi connectivity index (χ1) is 10.00. The van der Waals surface area contributed by atoms with E-state index in [0.29, 0.717) is 32.0 Å². The van der Waals surface area contributed by atoms with E-state index in [0.717, 1.165) is 38.5 Å². The summed E-state index contributed by atoms with van der Waals surface area (Å²) in [4.78, 5) is 12.0. The molecule has 2 saturated heterocycles. The monoisotopic (exact) mass is 314 g/mol. The molecule has 6 heteroatoms. The number of carbonyl (C=O) groups is 1. The predicted molar refractivity (Wildman–Crippen MR) is 81.0 cm³/mol. The fourth-order valence-electron chi connectivity index (χ4n) is 4.21. The minimum atomic E-state index is -3.39. The van der Waals surface area contributed by atoms with Crippen molar-refractivity contribution in [2.45, 2.75) is 57.9 Å². The van der Waals surface area contributed by atoms with Gasteiger partial charge in [0.05, 0.1) is 0 Å². The minimum Gasteiger partial charge on any atom is -0.299 e. The van der Waals surface area contributed by atoms with Gasteiger partial charge in [0.15, 0.2) is 0 Å². The van der Waals surface area contributed by atoms with Gasteiger partial charge in [-0.2, -0.15) is 17.0 Å². The smallest absolute Gasteiger partial charge is 0.282 e. The average Bonchev–Trinajstić information content (AvgIpc) is 3.07. The Balaban J connectivity index is 1.78. The molecule has 2 heterocycles. The normalized spacial score (nSPS) is 36.4. The Morgan fingerprint density at radius 2 is 1.81 bits per heavy atom. The second kappa shape index (κ2) is 5.97. The molecule has 3 atom stereocenters. The number of Topliss-reactive ketones (excluding diaryl/α,β-unsaturated/α-hetero) is 1. The number of ketones is 1. The lowest BCUT2D eigenvalue weighted by atomic mass is 9.96. The highest BCUT2D eigenvalue weighted by atomic mass is 32.2. The quantitative estimate of drug-likeness (QED) is 0.798. The molecule has 3 aliphatic rings. The van der Waals surface area contributed by atoms with Gasteiger partial charge in [0.2, 0.25) is 0 Å². The molecule has 0 spiro atoms. The molecular weight excluding hydrogens is 288 g/mol. The number of hydrogen-bond acceptors (Lipinski definition) is 3. The molecule has 3 unspecified atom stereocenters. The molecule has 5 nitrogen and oxygen atoms in total. The van der Waals surface area contributed by atoms with Crippen LogP contribution >= 0.6 is 0 Å². The Morgan fingerprint density at radius 1 is 1.05 bits per heavy atom. The van der Waals surface area contributed by atoms with Gasteiger partial charge in [-0.1, -0.05) is 6.92 Å². The molecule has 1 aliphatic carbocycles. The Bertz CT molecular complexity index is 505. The maximum Gasteiger partial charge on any atom is 0.282 e. The lowest BCUT2D eigenvalue weighted by Gasteiger charge is -2.36. The molecule has 0 radical (unpaired) electrons. The summed E-state index contributed by atoms with van der Waals surface area (Å²) in [7, 11) is -3.39. The molecule has 0 bridgehead atoms. The van der Waals surface area contributed by atoms with Gasteiger partial charge in [0.1, 0.15) is 5.78 Å². The van der Waals surface area contributed by atoms with Gasteiger partial charge in [-0.15, -0.1) is 0 Å². The van der Waals surface area contributed by atoms with Gasteiger partial charge in [0, 0.05) is 38.0 Å². The van der Waals surface area contributed by atoms with E-state index in [1.165, 1.54) is 0 Å². The van der Waals surface area contributed by atoms with E-state index in [9.17, 15) is 13.2 Å². The van der Waals surface area contributed by atoms with Crippen molar-refractivity contribution < 1.29 is 13.2 Å². The molecule has 21 heavy (non-hydrogen) atoms. The van der Waals surface area contributed by atoms with Crippen molar-refractivity contribution in [1.82, 2.24) is 8.61 Å². The Hall–Kier alpha value is -0.460. The highest BCUT2D eigenvalue weighted by molar-refractivity contribution is 7.86. The zero-order valence-corrected chi connectivity index (χ0v) is 13.6. The largest absolute Gasteiger partial charge is 0.299 e. The zero-order valence-electron chi connectivity index (χ0n) is 12.8. The maximum atomic E-state index is 12.9. The molecule has 3 fully saturated rings. The summed E-state index contributed by atoms with van der Waals surface area (Å²) in [6.07, 6.45) is 6.21. The van der Waals surface area contributed by atoms with E-state index < -0.39 is 10.2 Å². The summed E-state index contributed by atoms with van der Waals surface area (Å²) in [5, 5.41) is 0. The van der Waals surface area contributed by atoms with Crippen molar-refractivity contribution >= 4 is 16.0 Å². The fraction of sp³-hybridized carbons (Fsp3) is 0.933. The van der Waals surface area contributed by atoms with Crippen LogP contribution in [0.5, 0.6) is 0 Å². The van der Waals surface area contributed by atoms with E-state index in [1.54, 1.807) is 8.61 Å². The molecule has 1 saturated carbocycles. The van der Waals surface area contributed by atoms with Crippen molar-refractivity contribution in [3.05, 3.63) is 0 Å². The van der Waals surface area contributed by atoms with E-state index in [-0.39, 0.29) is 17.7 Å². The summed E-state index contributed by atoms with van der Waals surface area (Å²) in [6.45, 7) is 3.96. The standard InChI is InChI=1S/C15H26N2O3S/c1-12-5-3-9-16(11-12)21(19,20)17-10-4-7-14(17)13-6-2-8-15(13)18/h12-14H,2-11H2,1H3. The van der Waals surface area contributed by atoms with Crippen LogP contribution in [-0.4, -0.2) is 48.5 Å². The number of nitrogens with zero attached hydrogens (tertiary/aromatic N) is 2. The third kappa shape index (κ3) is 2.90. The highest BCUT2D eigenvalue weighted by Crippen LogP contribution is 2.36. The van der Waals surface area contributed by atoms with E-state index >= 15 is 0 Å². The van der Waals surface area contributed by atoms with Gasteiger partial charge in [-0.3, -0.25) is 4.79 Å². The highest BCUT2D eigenvalue weighted by Gasteiger charge is 2.45. The third-order valence-corrected chi connectivity index (χ3v) is 7.34. The van der Waals surface area contributed by atoms with Gasteiger partial charge in [0.25, 0.3) is 10.2 Å². The van der Waals surface area contributed by atoms with Crippen LogP contribution in [0, 0.1) is 11.8 Å². The van der Waals surface area contributed by atoms with Crippen molar-refractivity contribution in [2.75, 3.05) is 19.6 Å². The Kier molecular flexibility index (Phi) is 4.39. The van der Waals surface area contributed by atoms with Gasteiger partial charge in [-0.05, 0) is 44.4 Å². The van der Waals surface area contributed by atoms with Crippen molar-refractivity contribution in [2.24, 2.45) is 11.8 Å². The summed E-state index contributed by atoms with van der Waals surface area (Å²) >= 11 is 0. The van der Waals surface area contributed by atoms with Crippen LogP contribution in [0.25, 0.3) is 0 Å². The molecule has 0 aromatic rings. The van der Waals surface area contributed by atoms with Crippen molar-refractivity contribution in [3.63, 3.8) is 0 Å². The molecule has 3 rings (SSSR count). The first-order valence-electron chi connectivity index (χ1n) is 8.30. The van der Waals surface area contributed by atoms with Crippen LogP contribution in [-0.2, 0) is 15.0 Å². The fourth-order valence-corrected chi connectivity index (χ4v) is 6.26. The number of piperidine rings is 1. The first-order valence-corrected chi connectivity index (χ1v) is 9.69. The lowest BCUT2D eigenvalue weighted by molar-refractivity contribution is -0.121. The van der Waals surface area contributed by atoms with E-state index in [4.69, 9.17) is 0 Å². The number of hydrogen-bond donors (Lipinski definition) is 0. The zero-order chi connectivity index (χ0) is 15.0. The Labute approximate surface area is 127 Å². The van der Waals surface area contributed by atoms with Crippen molar-refractivity contribution in [3.8, 4) is 0 Å². The van der Waals surface area contributed by atoms with Crippen LogP contribution in [0.15, 0.2) is 0 Å². The summed E-state index contributed by atoms with van der Waals surface area (Å²) < 4.78 is 29.2. The van der Waals surface area contributed by atoms with Crippen LogP contribution in [0.4, 0.5) is 0 Å². The number of carbonyl (C=O) groups excluding carboxylic acids is 1. The summed E-state index contributed by atoms with van der Waals surface area (Å²) in [5.74, 6) is 0.654. The third-order valence-electron chi connectivity index (χ3n) is 5.31. The van der Waals surface area contributed by atoms with Crippen LogP contribution in [0.1, 0.15) is 51.9 Å². The van der Waals surface area contributed by atoms with E-state index in [1.807, 2.05) is 0 Å². The Morgan fingerprint density at radius 3 is 2.48 bits per heavy atom. The van der Waals surface area contributed by atoms with Crippen molar-refractivity contribution in [1.29, 1.82) is 0 Å². The summed E-state index contributed by atoms with van der Waals surface area (Å²) in [5.41, 5.74) is 0.